The first-order chi connectivity index (χ1) is 11.1. The highest BCUT2D eigenvalue weighted by atomic mass is 16.3. The van der Waals surface area contributed by atoms with Crippen LogP contribution in [0.2, 0.25) is 0 Å². The summed E-state index contributed by atoms with van der Waals surface area (Å²) in [6.45, 7) is 5.85. The van der Waals surface area contributed by atoms with Gasteiger partial charge in [-0.15, -0.1) is 0 Å². The van der Waals surface area contributed by atoms with Crippen molar-refractivity contribution in [3.05, 3.63) is 41.0 Å². The van der Waals surface area contributed by atoms with E-state index in [1.807, 2.05) is 24.3 Å². The summed E-state index contributed by atoms with van der Waals surface area (Å²) < 4.78 is 0. The molecule has 1 N–H and O–H groups in total. The lowest BCUT2D eigenvalue weighted by atomic mass is 9.95. The molecule has 0 atom stereocenters. The number of unbranched alkanes of at least 4 members (excludes halogenated alkanes) is 6. The maximum absolute atomic E-state index is 11.9. The van der Waals surface area contributed by atoms with Crippen LogP contribution in [0, 0.1) is 0 Å². The van der Waals surface area contributed by atoms with Crippen LogP contribution < -0.4 is 0 Å². The maximum atomic E-state index is 11.9. The molecule has 0 bridgehead atoms. The number of benzene rings is 1. The van der Waals surface area contributed by atoms with Gasteiger partial charge >= 0.3 is 0 Å². The second-order valence-corrected chi connectivity index (χ2v) is 6.27. The maximum Gasteiger partial charge on any atom is 0.159 e. The van der Waals surface area contributed by atoms with Crippen molar-refractivity contribution < 1.29 is 9.90 Å². The summed E-state index contributed by atoms with van der Waals surface area (Å²) in [4.78, 5) is 11.9. The van der Waals surface area contributed by atoms with Crippen molar-refractivity contribution in [3.8, 4) is 0 Å². The number of allylic oxidation sites excluding steroid dienone is 1. The van der Waals surface area contributed by atoms with E-state index in [0.29, 0.717) is 12.0 Å². The molecule has 0 aliphatic heterocycles. The van der Waals surface area contributed by atoms with Crippen molar-refractivity contribution >= 4 is 11.5 Å². The van der Waals surface area contributed by atoms with Crippen LogP contribution in [0.15, 0.2) is 29.8 Å². The van der Waals surface area contributed by atoms with Gasteiger partial charge in [0.05, 0.1) is 0 Å². The lowest BCUT2D eigenvalue weighted by Gasteiger charge is -2.12. The van der Waals surface area contributed by atoms with E-state index in [1.54, 1.807) is 6.92 Å². The lowest BCUT2D eigenvalue weighted by molar-refractivity contribution is -0.113. The Morgan fingerprint density at radius 2 is 1.57 bits per heavy atom. The summed E-state index contributed by atoms with van der Waals surface area (Å²) >= 11 is 0. The van der Waals surface area contributed by atoms with Gasteiger partial charge in [-0.1, -0.05) is 76.6 Å². The number of rotatable bonds is 11. The molecular weight excluding hydrogens is 284 g/mol. The van der Waals surface area contributed by atoms with Crippen LogP contribution in [0.25, 0.3) is 5.76 Å². The van der Waals surface area contributed by atoms with E-state index < -0.39 is 0 Å². The molecular formula is C21H32O2. The monoisotopic (exact) mass is 316 g/mol. The minimum atomic E-state index is -0.0145. The van der Waals surface area contributed by atoms with E-state index >= 15 is 0 Å². The Labute approximate surface area is 141 Å². The lowest BCUT2D eigenvalue weighted by Crippen LogP contribution is -2.03. The van der Waals surface area contributed by atoms with Crippen molar-refractivity contribution in [3.63, 3.8) is 0 Å². The van der Waals surface area contributed by atoms with Crippen LogP contribution in [0.4, 0.5) is 0 Å². The number of aliphatic hydroxyl groups excluding tert-OH is 1. The average Bonchev–Trinajstić information content (AvgIpc) is 2.56. The minimum absolute atomic E-state index is 0.0145. The number of aliphatic hydroxyl groups is 1. The normalized spacial score (nSPS) is 12.1. The first-order valence-corrected chi connectivity index (χ1v) is 9.13. The first kappa shape index (κ1) is 19.5. The van der Waals surface area contributed by atoms with E-state index in [-0.39, 0.29) is 11.5 Å². The third-order valence-corrected chi connectivity index (χ3v) is 4.39. The van der Waals surface area contributed by atoms with Gasteiger partial charge in [-0.25, -0.2) is 0 Å². The highest BCUT2D eigenvalue weighted by molar-refractivity contribution is 5.99. The Bertz CT molecular complexity index is 514. The molecule has 23 heavy (non-hydrogen) atoms. The Morgan fingerprint density at radius 1 is 0.957 bits per heavy atom. The fourth-order valence-electron chi connectivity index (χ4n) is 2.94. The molecule has 128 valence electrons. The molecule has 2 heteroatoms. The van der Waals surface area contributed by atoms with E-state index in [1.165, 1.54) is 32.1 Å². The van der Waals surface area contributed by atoms with Gasteiger partial charge in [-0.2, -0.15) is 0 Å². The number of hydrogen-bond donors (Lipinski definition) is 1. The Kier molecular flexibility index (Phi) is 9.35. The predicted octanol–water partition coefficient (Wildman–Crippen LogP) is 6.25. The van der Waals surface area contributed by atoms with Gasteiger partial charge in [0.25, 0.3) is 0 Å². The van der Waals surface area contributed by atoms with Crippen molar-refractivity contribution in [1.82, 2.24) is 0 Å². The van der Waals surface area contributed by atoms with E-state index in [0.717, 1.165) is 30.4 Å². The molecule has 0 aliphatic rings. The number of hydrogen-bond acceptors (Lipinski definition) is 2. The SMILES string of the molecule is CCCCCCCCC/C(C(C)=O)=C(\O)c1ccccc1CC. The van der Waals surface area contributed by atoms with Crippen LogP contribution in [-0.4, -0.2) is 10.9 Å². The zero-order valence-electron chi connectivity index (χ0n) is 15.0. The summed E-state index contributed by atoms with van der Waals surface area (Å²) in [5, 5.41) is 10.6. The number of carbonyl (C=O) groups is 1. The highest BCUT2D eigenvalue weighted by Gasteiger charge is 2.14. The van der Waals surface area contributed by atoms with Gasteiger partial charge in [0.1, 0.15) is 5.76 Å². The van der Waals surface area contributed by atoms with Crippen LogP contribution in [-0.2, 0) is 11.2 Å². The van der Waals surface area contributed by atoms with E-state index in [4.69, 9.17) is 0 Å². The third-order valence-electron chi connectivity index (χ3n) is 4.39. The minimum Gasteiger partial charge on any atom is -0.507 e. The zero-order valence-corrected chi connectivity index (χ0v) is 15.0. The molecule has 0 saturated carbocycles. The fourth-order valence-corrected chi connectivity index (χ4v) is 2.94. The largest absolute Gasteiger partial charge is 0.507 e. The molecule has 0 heterocycles. The molecule has 0 aromatic heterocycles. The first-order valence-electron chi connectivity index (χ1n) is 9.13. The topological polar surface area (TPSA) is 37.3 Å². The van der Waals surface area contributed by atoms with E-state index in [9.17, 15) is 9.90 Å². The summed E-state index contributed by atoms with van der Waals surface area (Å²) in [5.41, 5.74) is 2.48. The van der Waals surface area contributed by atoms with Gasteiger partial charge < -0.3 is 5.11 Å². The van der Waals surface area contributed by atoms with Gasteiger partial charge in [0, 0.05) is 11.1 Å². The smallest absolute Gasteiger partial charge is 0.159 e. The molecule has 0 amide bonds. The van der Waals surface area contributed by atoms with Crippen LogP contribution >= 0.6 is 0 Å². The quantitative estimate of drug-likeness (QED) is 0.298. The number of aryl methyl sites for hydroxylation is 1. The molecule has 2 nitrogen and oxygen atoms in total. The van der Waals surface area contributed by atoms with Crippen molar-refractivity contribution in [2.45, 2.75) is 78.6 Å². The number of Topliss-reactive ketones (excluding diaryl/α,β-unsaturated/α-hetero) is 1. The zero-order chi connectivity index (χ0) is 17.1. The van der Waals surface area contributed by atoms with Crippen LogP contribution in [0.5, 0.6) is 0 Å². The van der Waals surface area contributed by atoms with Gasteiger partial charge in [0.15, 0.2) is 5.78 Å². The standard InChI is InChI=1S/C21H32O2/c1-4-6-7-8-9-10-11-15-19(17(3)22)21(23)20-16-13-12-14-18(20)5-2/h12-14,16,23H,4-11,15H2,1-3H3/b21-19+. The third kappa shape index (κ3) is 6.60. The molecule has 0 spiro atoms. The van der Waals surface area contributed by atoms with Gasteiger partial charge in [-0.05, 0) is 31.7 Å². The van der Waals surface area contributed by atoms with E-state index in [2.05, 4.69) is 13.8 Å². The molecule has 0 unspecified atom stereocenters. The molecule has 0 radical (unpaired) electrons. The van der Waals surface area contributed by atoms with Crippen molar-refractivity contribution in [2.24, 2.45) is 0 Å². The molecule has 0 fully saturated rings. The fraction of sp³-hybridized carbons (Fsp3) is 0.571. The molecule has 0 aliphatic carbocycles. The van der Waals surface area contributed by atoms with Crippen LogP contribution in [0.3, 0.4) is 0 Å². The Balaban J connectivity index is 2.67. The summed E-state index contributed by atoms with van der Waals surface area (Å²) in [7, 11) is 0. The number of ketones is 1. The van der Waals surface area contributed by atoms with Crippen LogP contribution in [0.1, 0.15) is 83.3 Å². The predicted molar refractivity (Wildman–Crippen MR) is 98.7 cm³/mol. The van der Waals surface area contributed by atoms with Crippen molar-refractivity contribution in [1.29, 1.82) is 0 Å². The second-order valence-electron chi connectivity index (χ2n) is 6.27. The summed E-state index contributed by atoms with van der Waals surface area (Å²) in [6.07, 6.45) is 10.0. The van der Waals surface area contributed by atoms with Gasteiger partial charge in [-0.3, -0.25) is 4.79 Å². The summed E-state index contributed by atoms with van der Waals surface area (Å²) in [5.74, 6) is 0.167. The average molecular weight is 316 g/mol. The Morgan fingerprint density at radius 3 is 2.17 bits per heavy atom. The highest BCUT2D eigenvalue weighted by Crippen LogP contribution is 2.25. The molecule has 0 saturated heterocycles. The molecule has 1 aromatic rings. The van der Waals surface area contributed by atoms with Gasteiger partial charge in [0.2, 0.25) is 0 Å². The van der Waals surface area contributed by atoms with Crippen molar-refractivity contribution in [2.75, 3.05) is 0 Å². The number of carbonyl (C=O) groups excluding carboxylic acids is 1. The Hall–Kier alpha value is -1.57. The summed E-state index contributed by atoms with van der Waals surface area (Å²) in [6, 6.07) is 7.80. The molecule has 1 aromatic carbocycles. The molecule has 1 rings (SSSR count). The second kappa shape index (κ2) is 11.0.